The fourth-order valence-electron chi connectivity index (χ4n) is 2.25. The molecule has 21 heavy (non-hydrogen) atoms. The highest BCUT2D eigenvalue weighted by Crippen LogP contribution is 2.19. The van der Waals surface area contributed by atoms with Gasteiger partial charge in [0.05, 0.1) is 13.2 Å². The molecule has 1 saturated heterocycles. The van der Waals surface area contributed by atoms with Crippen LogP contribution in [-0.2, 0) is 16.6 Å². The second kappa shape index (κ2) is 5.92. The highest BCUT2D eigenvalue weighted by Gasteiger charge is 2.31. The van der Waals surface area contributed by atoms with Crippen LogP contribution >= 0.6 is 0 Å². The van der Waals surface area contributed by atoms with Crippen LogP contribution in [-0.4, -0.2) is 45.2 Å². The first-order valence-corrected chi connectivity index (χ1v) is 6.36. The van der Waals surface area contributed by atoms with Crippen LogP contribution in [0.5, 0.6) is 0 Å². The minimum Gasteiger partial charge on any atom is -0.479 e. The zero-order valence-electron chi connectivity index (χ0n) is 11.3. The number of nitrogens with zero attached hydrogens (tertiary/aromatic N) is 2. The van der Waals surface area contributed by atoms with Gasteiger partial charge in [0.25, 0.3) is 5.91 Å². The van der Waals surface area contributed by atoms with E-state index < -0.39 is 22.9 Å². The van der Waals surface area contributed by atoms with Crippen LogP contribution in [0.2, 0.25) is 0 Å². The Balaban J connectivity index is 1.91. The molecular weight excluding hydrogens is 282 g/mol. The average molecular weight is 297 g/mol. The molecule has 9 heteroatoms. The van der Waals surface area contributed by atoms with Gasteiger partial charge >= 0.3 is 11.8 Å². The first-order valence-electron chi connectivity index (χ1n) is 6.36. The molecule has 0 bridgehead atoms. The summed E-state index contributed by atoms with van der Waals surface area (Å²) in [5.74, 6) is -1.65. The number of hydrogen-bond donors (Lipinski definition) is 2. The predicted octanol–water partition coefficient (Wildman–Crippen LogP) is 0.295. The number of carbonyl (C=O) groups excluding carboxylic acids is 1. The lowest BCUT2D eigenvalue weighted by Crippen LogP contribution is -2.34. The van der Waals surface area contributed by atoms with Crippen LogP contribution in [0.3, 0.4) is 0 Å². The molecular formula is C12H15N3O6. The van der Waals surface area contributed by atoms with E-state index in [4.69, 9.17) is 9.84 Å². The summed E-state index contributed by atoms with van der Waals surface area (Å²) in [7, 11) is 1.43. The third-order valence-corrected chi connectivity index (χ3v) is 3.39. The smallest absolute Gasteiger partial charge is 0.332 e. The second-order valence-electron chi connectivity index (χ2n) is 4.77. The van der Waals surface area contributed by atoms with E-state index in [1.807, 2.05) is 0 Å². The Kier molecular flexibility index (Phi) is 4.22. The van der Waals surface area contributed by atoms with Crippen LogP contribution in [0.4, 0.5) is 5.82 Å². The van der Waals surface area contributed by atoms with Crippen molar-refractivity contribution in [2.24, 2.45) is 7.05 Å². The van der Waals surface area contributed by atoms with Gasteiger partial charge < -0.3 is 25.3 Å². The number of ether oxygens (including phenoxy) is 1. The highest BCUT2D eigenvalue weighted by atomic mass is 16.6. The third-order valence-electron chi connectivity index (χ3n) is 3.39. The summed E-state index contributed by atoms with van der Waals surface area (Å²) in [6.07, 6.45) is -0.232. The molecule has 1 amide bonds. The molecule has 0 saturated carbocycles. The highest BCUT2D eigenvalue weighted by molar-refractivity contribution is 5.93. The zero-order valence-corrected chi connectivity index (χ0v) is 11.3. The molecule has 0 aromatic carbocycles. The van der Waals surface area contributed by atoms with Gasteiger partial charge in [-0.25, -0.2) is 9.36 Å². The van der Waals surface area contributed by atoms with Gasteiger partial charge in [-0.05, 0) is 23.8 Å². The van der Waals surface area contributed by atoms with Crippen molar-refractivity contribution in [2.45, 2.75) is 25.0 Å². The predicted molar refractivity (Wildman–Crippen MR) is 69.9 cm³/mol. The van der Waals surface area contributed by atoms with Crippen molar-refractivity contribution in [3.63, 3.8) is 0 Å². The molecule has 9 nitrogen and oxygen atoms in total. The third kappa shape index (κ3) is 3.19. The number of nitro groups is 1. The fraction of sp³-hybridized carbons (Fsp3) is 0.500. The largest absolute Gasteiger partial charge is 0.479 e. The number of carboxylic acid groups (broad SMARTS) is 1. The lowest BCUT2D eigenvalue weighted by Gasteiger charge is -2.11. The molecule has 1 aliphatic heterocycles. The van der Waals surface area contributed by atoms with Crippen LogP contribution in [0.1, 0.15) is 23.3 Å². The van der Waals surface area contributed by atoms with E-state index in [-0.39, 0.29) is 24.2 Å². The van der Waals surface area contributed by atoms with Crippen LogP contribution in [0, 0.1) is 10.1 Å². The topological polar surface area (TPSA) is 124 Å². The normalized spacial score (nSPS) is 21.2. The van der Waals surface area contributed by atoms with Crippen LogP contribution in [0.25, 0.3) is 0 Å². The number of hydrogen-bond acceptors (Lipinski definition) is 5. The van der Waals surface area contributed by atoms with Gasteiger partial charge in [0, 0.05) is 12.6 Å². The van der Waals surface area contributed by atoms with Gasteiger partial charge in [0.15, 0.2) is 11.8 Å². The van der Waals surface area contributed by atoms with E-state index in [9.17, 15) is 19.7 Å². The quantitative estimate of drug-likeness (QED) is 0.595. The standard InChI is InChI=1S/C12H15N3O6/c1-14-8(3-5-10(14)15(19)20)11(16)13-6-7-2-4-9(21-7)12(17)18/h3,5,7,9H,2,4,6H2,1H3,(H,13,16)(H,17,18). The number of amides is 1. The molecule has 2 rings (SSSR count). The van der Waals surface area contributed by atoms with Gasteiger partial charge in [-0.3, -0.25) is 4.79 Å². The molecule has 1 aromatic rings. The van der Waals surface area contributed by atoms with Crippen molar-refractivity contribution in [1.82, 2.24) is 9.88 Å². The van der Waals surface area contributed by atoms with E-state index in [1.165, 1.54) is 23.7 Å². The van der Waals surface area contributed by atoms with Gasteiger partial charge in [-0.15, -0.1) is 0 Å². The number of nitrogens with one attached hydrogen (secondary N) is 1. The first-order chi connectivity index (χ1) is 9.90. The number of aliphatic carboxylic acids is 1. The van der Waals surface area contributed by atoms with Crippen molar-refractivity contribution >= 4 is 17.7 Å². The zero-order chi connectivity index (χ0) is 15.6. The maximum Gasteiger partial charge on any atom is 0.332 e. The minimum absolute atomic E-state index is 0.162. The summed E-state index contributed by atoms with van der Waals surface area (Å²) in [4.78, 5) is 32.8. The molecule has 0 aliphatic carbocycles. The SMILES string of the molecule is Cn1c(C(=O)NCC2CCC(C(=O)O)O2)ccc1[N+](=O)[O-]. The summed E-state index contributed by atoms with van der Waals surface area (Å²) in [6, 6.07) is 2.62. The van der Waals surface area contributed by atoms with Gasteiger partial charge in [-0.1, -0.05) is 0 Å². The van der Waals surface area contributed by atoms with Crippen molar-refractivity contribution in [3.05, 3.63) is 27.9 Å². The monoisotopic (exact) mass is 297 g/mol. The van der Waals surface area contributed by atoms with Gasteiger partial charge in [0.2, 0.25) is 0 Å². The van der Waals surface area contributed by atoms with Crippen molar-refractivity contribution < 1.29 is 24.4 Å². The molecule has 2 atom stereocenters. The summed E-state index contributed by atoms with van der Waals surface area (Å²) >= 11 is 0. The van der Waals surface area contributed by atoms with Crippen molar-refractivity contribution in [3.8, 4) is 0 Å². The van der Waals surface area contributed by atoms with Gasteiger partial charge in [0.1, 0.15) is 0 Å². The van der Waals surface area contributed by atoms with E-state index in [0.29, 0.717) is 12.8 Å². The first kappa shape index (κ1) is 15.0. The van der Waals surface area contributed by atoms with Crippen molar-refractivity contribution in [2.75, 3.05) is 6.54 Å². The Morgan fingerprint density at radius 1 is 1.52 bits per heavy atom. The fourth-order valence-corrected chi connectivity index (χ4v) is 2.25. The number of carboxylic acids is 1. The van der Waals surface area contributed by atoms with E-state index in [1.54, 1.807) is 0 Å². The maximum atomic E-state index is 11.9. The Morgan fingerprint density at radius 2 is 2.24 bits per heavy atom. The minimum atomic E-state index is -1.01. The Labute approximate surface area is 119 Å². The number of carbonyl (C=O) groups is 2. The second-order valence-corrected chi connectivity index (χ2v) is 4.77. The lowest BCUT2D eigenvalue weighted by molar-refractivity contribution is -0.391. The Bertz CT molecular complexity index is 582. The molecule has 2 unspecified atom stereocenters. The molecule has 1 aromatic heterocycles. The molecule has 114 valence electrons. The molecule has 0 spiro atoms. The summed E-state index contributed by atoms with van der Waals surface area (Å²) in [6.45, 7) is 0.168. The number of rotatable bonds is 5. The lowest BCUT2D eigenvalue weighted by atomic mass is 10.2. The van der Waals surface area contributed by atoms with E-state index in [2.05, 4.69) is 5.32 Å². The van der Waals surface area contributed by atoms with Crippen LogP contribution < -0.4 is 5.32 Å². The summed E-state index contributed by atoms with van der Waals surface area (Å²) in [5, 5.41) is 22.1. The summed E-state index contributed by atoms with van der Waals surface area (Å²) in [5.41, 5.74) is 0.162. The molecule has 0 radical (unpaired) electrons. The van der Waals surface area contributed by atoms with E-state index >= 15 is 0 Å². The Morgan fingerprint density at radius 3 is 2.76 bits per heavy atom. The average Bonchev–Trinajstić information content (AvgIpc) is 3.02. The van der Waals surface area contributed by atoms with Gasteiger partial charge in [-0.2, -0.15) is 0 Å². The Hall–Kier alpha value is -2.42. The van der Waals surface area contributed by atoms with E-state index in [0.717, 1.165) is 0 Å². The maximum absolute atomic E-state index is 11.9. The molecule has 2 heterocycles. The molecule has 1 aliphatic rings. The molecule has 2 N–H and O–H groups in total. The van der Waals surface area contributed by atoms with Crippen molar-refractivity contribution in [1.29, 1.82) is 0 Å². The molecule has 1 fully saturated rings. The van der Waals surface area contributed by atoms with Crippen LogP contribution in [0.15, 0.2) is 12.1 Å². The number of aromatic nitrogens is 1. The summed E-state index contributed by atoms with van der Waals surface area (Å²) < 4.78 is 6.44.